The molecule has 6 nitrogen and oxygen atoms in total. The summed E-state index contributed by atoms with van der Waals surface area (Å²) in [5.74, 6) is 0.882. The van der Waals surface area contributed by atoms with Crippen LogP contribution in [-0.4, -0.2) is 32.9 Å². The lowest BCUT2D eigenvalue weighted by atomic mass is 10.0. The first-order chi connectivity index (χ1) is 12.4. The van der Waals surface area contributed by atoms with Crippen LogP contribution in [0.5, 0.6) is 17.2 Å². The Morgan fingerprint density at radius 1 is 0.885 bits per heavy atom. The zero-order valence-electron chi connectivity index (χ0n) is 16.0. The Hall–Kier alpha value is -3.02. The monoisotopic (exact) mass is 356 g/mol. The third-order valence-electron chi connectivity index (χ3n) is 4.18. The molecule has 0 fully saturated rings. The van der Waals surface area contributed by atoms with Gasteiger partial charge in [0.1, 0.15) is 0 Å². The van der Waals surface area contributed by atoms with Crippen LogP contribution in [0.25, 0.3) is 0 Å². The van der Waals surface area contributed by atoms with Gasteiger partial charge in [0.2, 0.25) is 5.75 Å². The SMILES string of the molecule is COc1cc(C(=O)NN=C(C)c2ccc(C)c(C)c2)cc(OC)c1OC. The van der Waals surface area contributed by atoms with Gasteiger partial charge in [-0.05, 0) is 55.7 Å². The fourth-order valence-electron chi connectivity index (χ4n) is 2.44. The van der Waals surface area contributed by atoms with E-state index >= 15 is 0 Å². The van der Waals surface area contributed by atoms with Crippen molar-refractivity contribution in [1.29, 1.82) is 0 Å². The highest BCUT2D eigenvalue weighted by Gasteiger charge is 2.16. The number of rotatable bonds is 6. The zero-order chi connectivity index (χ0) is 19.3. The molecule has 1 N–H and O–H groups in total. The number of nitrogens with zero attached hydrogens (tertiary/aromatic N) is 1. The number of hydrogen-bond acceptors (Lipinski definition) is 5. The molecule has 2 aromatic rings. The van der Waals surface area contributed by atoms with E-state index in [0.29, 0.717) is 28.5 Å². The van der Waals surface area contributed by atoms with Gasteiger partial charge in [0.25, 0.3) is 5.91 Å². The first kappa shape index (κ1) is 19.3. The van der Waals surface area contributed by atoms with Crippen molar-refractivity contribution >= 4 is 11.6 Å². The molecule has 0 heterocycles. The summed E-state index contributed by atoms with van der Waals surface area (Å²) in [6, 6.07) is 9.21. The highest BCUT2D eigenvalue weighted by Crippen LogP contribution is 2.38. The van der Waals surface area contributed by atoms with E-state index in [9.17, 15) is 4.79 Å². The number of nitrogens with one attached hydrogen (secondary N) is 1. The second-order valence-electron chi connectivity index (χ2n) is 5.85. The van der Waals surface area contributed by atoms with Crippen molar-refractivity contribution in [3.05, 3.63) is 52.6 Å². The standard InChI is InChI=1S/C20H24N2O4/c1-12-7-8-15(9-13(12)2)14(3)21-22-20(23)16-10-17(24-4)19(26-6)18(11-16)25-5/h7-11H,1-6H3,(H,22,23). The number of methoxy groups -OCH3 is 3. The smallest absolute Gasteiger partial charge is 0.271 e. The summed E-state index contributed by atoms with van der Waals surface area (Å²) in [6.07, 6.45) is 0. The Morgan fingerprint density at radius 2 is 1.50 bits per heavy atom. The van der Waals surface area contributed by atoms with E-state index in [4.69, 9.17) is 14.2 Å². The van der Waals surface area contributed by atoms with Gasteiger partial charge in [-0.1, -0.05) is 12.1 Å². The highest BCUT2D eigenvalue weighted by molar-refractivity contribution is 6.01. The van der Waals surface area contributed by atoms with E-state index in [1.54, 1.807) is 12.1 Å². The minimum Gasteiger partial charge on any atom is -0.493 e. The molecular weight excluding hydrogens is 332 g/mol. The van der Waals surface area contributed by atoms with Crippen molar-refractivity contribution in [2.45, 2.75) is 20.8 Å². The summed E-state index contributed by atoms with van der Waals surface area (Å²) >= 11 is 0. The molecule has 0 spiro atoms. The summed E-state index contributed by atoms with van der Waals surface area (Å²) in [5.41, 5.74) is 6.98. The number of carbonyl (C=O) groups excluding carboxylic acids is 1. The van der Waals surface area contributed by atoms with Gasteiger partial charge < -0.3 is 14.2 Å². The Labute approximate surface area is 153 Å². The van der Waals surface area contributed by atoms with Crippen LogP contribution < -0.4 is 19.6 Å². The van der Waals surface area contributed by atoms with Crippen LogP contribution in [0.2, 0.25) is 0 Å². The quantitative estimate of drug-likeness (QED) is 0.635. The van der Waals surface area contributed by atoms with Crippen LogP contribution in [0, 0.1) is 13.8 Å². The van der Waals surface area contributed by atoms with E-state index in [1.165, 1.54) is 32.5 Å². The largest absolute Gasteiger partial charge is 0.493 e. The third kappa shape index (κ3) is 4.14. The maximum atomic E-state index is 12.5. The molecule has 2 rings (SSSR count). The van der Waals surface area contributed by atoms with Crippen LogP contribution in [0.15, 0.2) is 35.4 Å². The average molecular weight is 356 g/mol. The highest BCUT2D eigenvalue weighted by atomic mass is 16.5. The Morgan fingerprint density at radius 3 is 2.00 bits per heavy atom. The number of aryl methyl sites for hydroxylation is 2. The molecule has 0 bridgehead atoms. The molecule has 138 valence electrons. The number of benzene rings is 2. The van der Waals surface area contributed by atoms with Crippen LogP contribution >= 0.6 is 0 Å². The van der Waals surface area contributed by atoms with Gasteiger partial charge in [-0.3, -0.25) is 4.79 Å². The molecule has 0 saturated heterocycles. The molecule has 0 atom stereocenters. The number of carbonyl (C=O) groups is 1. The topological polar surface area (TPSA) is 69.2 Å². The van der Waals surface area contributed by atoms with Gasteiger partial charge in [-0.25, -0.2) is 5.43 Å². The fraction of sp³-hybridized carbons (Fsp3) is 0.300. The van der Waals surface area contributed by atoms with Crippen LogP contribution in [0.3, 0.4) is 0 Å². The van der Waals surface area contributed by atoms with Crippen LogP contribution in [0.1, 0.15) is 34.0 Å². The molecule has 0 saturated carbocycles. The molecular formula is C20H24N2O4. The summed E-state index contributed by atoms with van der Waals surface area (Å²) in [4.78, 5) is 12.5. The van der Waals surface area contributed by atoms with Gasteiger partial charge >= 0.3 is 0 Å². The van der Waals surface area contributed by atoms with E-state index in [-0.39, 0.29) is 5.91 Å². The molecule has 0 aliphatic carbocycles. The number of hydrogen-bond donors (Lipinski definition) is 1. The lowest BCUT2D eigenvalue weighted by Crippen LogP contribution is -2.19. The minimum absolute atomic E-state index is 0.358. The van der Waals surface area contributed by atoms with Crippen molar-refractivity contribution in [3.63, 3.8) is 0 Å². The maximum Gasteiger partial charge on any atom is 0.271 e. The second kappa shape index (κ2) is 8.38. The van der Waals surface area contributed by atoms with E-state index in [2.05, 4.69) is 17.5 Å². The predicted molar refractivity (Wildman–Crippen MR) is 102 cm³/mol. The zero-order valence-corrected chi connectivity index (χ0v) is 16.0. The molecule has 0 aliphatic heterocycles. The molecule has 0 radical (unpaired) electrons. The number of amides is 1. The number of ether oxygens (including phenoxy) is 3. The Kier molecular flexibility index (Phi) is 6.22. The molecule has 6 heteroatoms. The number of hydrazone groups is 1. The Bertz CT molecular complexity index is 819. The van der Waals surface area contributed by atoms with Gasteiger partial charge in [0.05, 0.1) is 27.0 Å². The van der Waals surface area contributed by atoms with Crippen LogP contribution in [0.4, 0.5) is 0 Å². The predicted octanol–water partition coefficient (Wildman–Crippen LogP) is 3.48. The van der Waals surface area contributed by atoms with Crippen molar-refractivity contribution in [1.82, 2.24) is 5.43 Å². The van der Waals surface area contributed by atoms with Gasteiger partial charge in [0, 0.05) is 5.56 Å². The van der Waals surface area contributed by atoms with Gasteiger partial charge in [-0.2, -0.15) is 5.10 Å². The average Bonchev–Trinajstić information content (AvgIpc) is 2.66. The van der Waals surface area contributed by atoms with E-state index < -0.39 is 0 Å². The van der Waals surface area contributed by atoms with Crippen LogP contribution in [-0.2, 0) is 0 Å². The lowest BCUT2D eigenvalue weighted by molar-refractivity contribution is 0.0954. The summed E-state index contributed by atoms with van der Waals surface area (Å²) in [5, 5.41) is 4.20. The summed E-state index contributed by atoms with van der Waals surface area (Å²) in [6.45, 7) is 5.94. The van der Waals surface area contributed by atoms with Gasteiger partial charge in [-0.15, -0.1) is 0 Å². The van der Waals surface area contributed by atoms with Crippen molar-refractivity contribution in [3.8, 4) is 17.2 Å². The van der Waals surface area contributed by atoms with E-state index in [1.807, 2.05) is 32.0 Å². The molecule has 0 aliphatic rings. The molecule has 0 aromatic heterocycles. The molecule has 0 unspecified atom stereocenters. The van der Waals surface area contributed by atoms with Gasteiger partial charge in [0.15, 0.2) is 11.5 Å². The summed E-state index contributed by atoms with van der Waals surface area (Å²) in [7, 11) is 4.51. The molecule has 1 amide bonds. The van der Waals surface area contributed by atoms with Crippen molar-refractivity contribution in [2.75, 3.05) is 21.3 Å². The van der Waals surface area contributed by atoms with Crippen molar-refractivity contribution in [2.24, 2.45) is 5.10 Å². The third-order valence-corrected chi connectivity index (χ3v) is 4.18. The molecule has 26 heavy (non-hydrogen) atoms. The maximum absolute atomic E-state index is 12.5. The first-order valence-electron chi connectivity index (χ1n) is 8.13. The Balaban J connectivity index is 2.25. The van der Waals surface area contributed by atoms with E-state index in [0.717, 1.165) is 5.56 Å². The molecule has 2 aromatic carbocycles. The minimum atomic E-state index is -0.368. The fourth-order valence-corrected chi connectivity index (χ4v) is 2.44. The first-order valence-corrected chi connectivity index (χ1v) is 8.13. The summed E-state index contributed by atoms with van der Waals surface area (Å²) < 4.78 is 15.8. The van der Waals surface area contributed by atoms with Crippen molar-refractivity contribution < 1.29 is 19.0 Å². The second-order valence-corrected chi connectivity index (χ2v) is 5.85. The normalized spacial score (nSPS) is 11.1. The lowest BCUT2D eigenvalue weighted by Gasteiger charge is -2.13.